The predicted molar refractivity (Wildman–Crippen MR) is 66.6 cm³/mol. The lowest BCUT2D eigenvalue weighted by atomic mass is 10.2. The minimum Gasteiger partial charge on any atom is -0.396 e. The highest BCUT2D eigenvalue weighted by atomic mass is 19.2. The molecule has 0 radical (unpaired) electrons. The highest BCUT2D eigenvalue weighted by molar-refractivity contribution is 6.06. The molecule has 0 saturated heterocycles. The van der Waals surface area contributed by atoms with Gasteiger partial charge < -0.3 is 11.1 Å². The molecule has 1 amide bonds. The van der Waals surface area contributed by atoms with Crippen molar-refractivity contribution in [2.75, 3.05) is 11.1 Å². The van der Waals surface area contributed by atoms with Crippen molar-refractivity contribution in [3.05, 3.63) is 41.5 Å². The van der Waals surface area contributed by atoms with Gasteiger partial charge in [-0.05, 0) is 19.1 Å². The van der Waals surface area contributed by atoms with Gasteiger partial charge in [-0.25, -0.2) is 13.2 Å². The number of amides is 1. The second kappa shape index (κ2) is 5.24. The van der Waals surface area contributed by atoms with Crippen LogP contribution in [0, 0.1) is 17.5 Å². The van der Waals surface area contributed by atoms with Crippen molar-refractivity contribution in [2.24, 2.45) is 0 Å². The van der Waals surface area contributed by atoms with Gasteiger partial charge in [0.25, 0.3) is 5.91 Å². The Labute approximate surface area is 112 Å². The number of nitrogens with zero attached hydrogens (tertiary/aromatic N) is 2. The van der Waals surface area contributed by atoms with Crippen LogP contribution in [0.25, 0.3) is 0 Å². The zero-order valence-corrected chi connectivity index (χ0v) is 10.5. The van der Waals surface area contributed by atoms with Crippen LogP contribution < -0.4 is 11.1 Å². The summed E-state index contributed by atoms with van der Waals surface area (Å²) < 4.78 is 40.6. The molecule has 0 bridgehead atoms. The molecular weight excluding hydrogens is 273 g/mol. The van der Waals surface area contributed by atoms with Crippen molar-refractivity contribution in [1.82, 2.24) is 9.78 Å². The van der Waals surface area contributed by atoms with E-state index in [1.807, 2.05) is 0 Å². The first-order valence-corrected chi connectivity index (χ1v) is 5.71. The number of anilines is 2. The van der Waals surface area contributed by atoms with Gasteiger partial charge >= 0.3 is 0 Å². The standard InChI is InChI=1S/C12H11F3N4O/c1-2-19-11(7(16)5-17-19)12(20)18-8-4-3-6(13)9(14)10(8)15/h3-5H,2,16H2,1H3,(H,18,20). The van der Waals surface area contributed by atoms with Gasteiger partial charge in [0.05, 0.1) is 17.6 Å². The number of nitrogens with two attached hydrogens (primary N) is 1. The van der Waals surface area contributed by atoms with Gasteiger partial charge in [0, 0.05) is 6.54 Å². The highest BCUT2D eigenvalue weighted by Crippen LogP contribution is 2.21. The number of nitrogens with one attached hydrogen (secondary N) is 1. The average molecular weight is 284 g/mol. The van der Waals surface area contributed by atoms with Crippen LogP contribution in [0.15, 0.2) is 18.3 Å². The fraction of sp³-hybridized carbons (Fsp3) is 0.167. The number of aryl methyl sites for hydroxylation is 1. The van der Waals surface area contributed by atoms with Crippen LogP contribution in [0.1, 0.15) is 17.4 Å². The van der Waals surface area contributed by atoms with E-state index in [1.54, 1.807) is 6.92 Å². The van der Waals surface area contributed by atoms with E-state index >= 15 is 0 Å². The van der Waals surface area contributed by atoms with Crippen molar-refractivity contribution < 1.29 is 18.0 Å². The molecule has 0 aliphatic carbocycles. The van der Waals surface area contributed by atoms with Crippen LogP contribution in [-0.2, 0) is 6.54 Å². The van der Waals surface area contributed by atoms with Gasteiger partial charge in [0.15, 0.2) is 17.5 Å². The maximum absolute atomic E-state index is 13.5. The molecule has 2 aromatic rings. The molecule has 0 unspecified atom stereocenters. The summed E-state index contributed by atoms with van der Waals surface area (Å²) >= 11 is 0. The molecule has 3 N–H and O–H groups in total. The van der Waals surface area contributed by atoms with Crippen molar-refractivity contribution >= 4 is 17.3 Å². The SMILES string of the molecule is CCn1ncc(N)c1C(=O)Nc1ccc(F)c(F)c1F. The first kappa shape index (κ1) is 13.9. The Bertz CT molecular complexity index is 669. The fourth-order valence-electron chi connectivity index (χ4n) is 1.69. The topological polar surface area (TPSA) is 72.9 Å². The lowest BCUT2D eigenvalue weighted by Crippen LogP contribution is -2.19. The number of benzene rings is 1. The lowest BCUT2D eigenvalue weighted by molar-refractivity contribution is 0.101. The van der Waals surface area contributed by atoms with Crippen LogP contribution in [0.3, 0.4) is 0 Å². The number of hydrogen-bond donors (Lipinski definition) is 2. The fourth-order valence-corrected chi connectivity index (χ4v) is 1.69. The molecule has 0 spiro atoms. The summed E-state index contributed by atoms with van der Waals surface area (Å²) in [7, 11) is 0. The highest BCUT2D eigenvalue weighted by Gasteiger charge is 2.20. The van der Waals surface area contributed by atoms with Gasteiger partial charge in [-0.3, -0.25) is 9.48 Å². The number of aromatic nitrogens is 2. The summed E-state index contributed by atoms with van der Waals surface area (Å²) in [6, 6.07) is 1.64. The number of rotatable bonds is 3. The Morgan fingerprint density at radius 3 is 2.70 bits per heavy atom. The van der Waals surface area contributed by atoms with Crippen molar-refractivity contribution in [1.29, 1.82) is 0 Å². The largest absolute Gasteiger partial charge is 0.396 e. The van der Waals surface area contributed by atoms with Crippen molar-refractivity contribution in [2.45, 2.75) is 13.5 Å². The van der Waals surface area contributed by atoms with E-state index in [0.717, 1.165) is 6.07 Å². The van der Waals surface area contributed by atoms with E-state index < -0.39 is 29.0 Å². The smallest absolute Gasteiger partial charge is 0.276 e. The van der Waals surface area contributed by atoms with Crippen LogP contribution in [-0.4, -0.2) is 15.7 Å². The molecule has 1 aromatic heterocycles. The third-order valence-corrected chi connectivity index (χ3v) is 2.67. The van der Waals surface area contributed by atoms with E-state index in [1.165, 1.54) is 10.9 Å². The number of halogens is 3. The summed E-state index contributed by atoms with van der Waals surface area (Å²) in [5.74, 6) is -5.22. The number of carbonyl (C=O) groups excluding carboxylic acids is 1. The number of nitrogen functional groups attached to an aromatic ring is 1. The average Bonchev–Trinajstić information content (AvgIpc) is 2.80. The van der Waals surface area contributed by atoms with Gasteiger partial charge in [-0.1, -0.05) is 0 Å². The lowest BCUT2D eigenvalue weighted by Gasteiger charge is -2.09. The van der Waals surface area contributed by atoms with E-state index in [4.69, 9.17) is 5.73 Å². The molecule has 106 valence electrons. The second-order valence-corrected chi connectivity index (χ2v) is 3.94. The Hall–Kier alpha value is -2.51. The van der Waals surface area contributed by atoms with Gasteiger partial charge in [0.2, 0.25) is 0 Å². The van der Waals surface area contributed by atoms with E-state index in [9.17, 15) is 18.0 Å². The maximum Gasteiger partial charge on any atom is 0.276 e. The molecule has 20 heavy (non-hydrogen) atoms. The normalized spacial score (nSPS) is 10.6. The van der Waals surface area contributed by atoms with Gasteiger partial charge in [-0.15, -0.1) is 0 Å². The van der Waals surface area contributed by atoms with E-state index in [-0.39, 0.29) is 11.4 Å². The minimum atomic E-state index is -1.65. The van der Waals surface area contributed by atoms with Crippen LogP contribution in [0.4, 0.5) is 24.5 Å². The summed E-state index contributed by atoms with van der Waals surface area (Å²) in [4.78, 5) is 12.0. The Morgan fingerprint density at radius 1 is 1.35 bits per heavy atom. The molecule has 5 nitrogen and oxygen atoms in total. The predicted octanol–water partition coefficient (Wildman–Crippen LogP) is 2.15. The molecule has 0 fully saturated rings. The first-order chi connectivity index (χ1) is 9.45. The van der Waals surface area contributed by atoms with Gasteiger partial charge in [0.1, 0.15) is 5.69 Å². The monoisotopic (exact) mass is 284 g/mol. The first-order valence-electron chi connectivity index (χ1n) is 5.71. The molecule has 8 heteroatoms. The molecule has 2 rings (SSSR count). The van der Waals surface area contributed by atoms with Crippen LogP contribution >= 0.6 is 0 Å². The molecule has 1 heterocycles. The summed E-state index contributed by atoms with van der Waals surface area (Å²) in [6.45, 7) is 2.11. The molecule has 0 aliphatic rings. The van der Waals surface area contributed by atoms with E-state index in [2.05, 4.69) is 10.4 Å². The number of carbonyl (C=O) groups is 1. The maximum atomic E-state index is 13.5. The van der Waals surface area contributed by atoms with E-state index in [0.29, 0.717) is 12.6 Å². The Kier molecular flexibility index (Phi) is 3.64. The Balaban J connectivity index is 2.33. The summed E-state index contributed by atoms with van der Waals surface area (Å²) in [5.41, 5.74) is 5.25. The third-order valence-electron chi connectivity index (χ3n) is 2.67. The molecule has 0 saturated carbocycles. The quantitative estimate of drug-likeness (QED) is 0.848. The van der Waals surface area contributed by atoms with Crippen LogP contribution in [0.5, 0.6) is 0 Å². The molecule has 0 aliphatic heterocycles. The van der Waals surface area contributed by atoms with Crippen molar-refractivity contribution in [3.8, 4) is 0 Å². The van der Waals surface area contributed by atoms with Crippen LogP contribution in [0.2, 0.25) is 0 Å². The zero-order chi connectivity index (χ0) is 14.9. The number of hydrogen-bond acceptors (Lipinski definition) is 3. The molecule has 0 atom stereocenters. The summed E-state index contributed by atoms with van der Waals surface area (Å²) in [5, 5.41) is 5.99. The molecule has 1 aromatic carbocycles. The second-order valence-electron chi connectivity index (χ2n) is 3.94. The third kappa shape index (κ3) is 2.31. The Morgan fingerprint density at radius 2 is 2.05 bits per heavy atom. The van der Waals surface area contributed by atoms with Gasteiger partial charge in [-0.2, -0.15) is 5.10 Å². The zero-order valence-electron chi connectivity index (χ0n) is 10.5. The molecular formula is C12H11F3N4O. The summed E-state index contributed by atoms with van der Waals surface area (Å²) in [6.07, 6.45) is 1.28. The minimum absolute atomic E-state index is 0.0247. The van der Waals surface area contributed by atoms with Crippen molar-refractivity contribution in [3.63, 3.8) is 0 Å².